The SMILES string of the molecule is CCC(=O)NCCS(=O)(=O)c1ccccc1F. The van der Waals surface area contributed by atoms with Gasteiger partial charge in [0.05, 0.1) is 5.75 Å². The van der Waals surface area contributed by atoms with Gasteiger partial charge >= 0.3 is 0 Å². The fourth-order valence-electron chi connectivity index (χ4n) is 1.26. The summed E-state index contributed by atoms with van der Waals surface area (Å²) in [6.07, 6.45) is 0.291. The molecule has 0 radical (unpaired) electrons. The van der Waals surface area contributed by atoms with Crippen LogP contribution >= 0.6 is 0 Å². The van der Waals surface area contributed by atoms with E-state index >= 15 is 0 Å². The number of nitrogens with one attached hydrogen (secondary N) is 1. The second kappa shape index (κ2) is 5.77. The minimum atomic E-state index is -3.68. The molecule has 1 N–H and O–H groups in total. The molecule has 0 aliphatic rings. The van der Waals surface area contributed by atoms with Gasteiger partial charge in [0.1, 0.15) is 10.7 Å². The Morgan fingerprint density at radius 3 is 2.59 bits per heavy atom. The largest absolute Gasteiger partial charge is 0.355 e. The van der Waals surface area contributed by atoms with Crippen molar-refractivity contribution in [1.82, 2.24) is 5.32 Å². The molecule has 17 heavy (non-hydrogen) atoms. The van der Waals surface area contributed by atoms with Gasteiger partial charge in [-0.25, -0.2) is 12.8 Å². The van der Waals surface area contributed by atoms with E-state index in [9.17, 15) is 17.6 Å². The molecular weight excluding hydrogens is 245 g/mol. The van der Waals surface area contributed by atoms with E-state index in [1.807, 2.05) is 0 Å². The minimum absolute atomic E-state index is 0.0106. The number of hydrogen-bond acceptors (Lipinski definition) is 3. The summed E-state index contributed by atoms with van der Waals surface area (Å²) in [6.45, 7) is 1.66. The third-order valence-corrected chi connectivity index (χ3v) is 3.93. The number of sulfone groups is 1. The molecule has 6 heteroatoms. The molecule has 0 unspecified atom stereocenters. The summed E-state index contributed by atoms with van der Waals surface area (Å²) in [7, 11) is -3.68. The van der Waals surface area contributed by atoms with Gasteiger partial charge in [-0.3, -0.25) is 4.79 Å². The van der Waals surface area contributed by atoms with Crippen molar-refractivity contribution >= 4 is 15.7 Å². The van der Waals surface area contributed by atoms with Crippen molar-refractivity contribution < 1.29 is 17.6 Å². The fourth-order valence-corrected chi connectivity index (χ4v) is 2.50. The Morgan fingerprint density at radius 1 is 1.35 bits per heavy atom. The van der Waals surface area contributed by atoms with Gasteiger partial charge in [0.25, 0.3) is 0 Å². The van der Waals surface area contributed by atoms with Crippen LogP contribution in [-0.2, 0) is 14.6 Å². The molecule has 1 aromatic carbocycles. The van der Waals surface area contributed by atoms with Gasteiger partial charge in [0, 0.05) is 13.0 Å². The first-order valence-electron chi connectivity index (χ1n) is 5.21. The molecule has 0 saturated carbocycles. The third kappa shape index (κ3) is 3.81. The van der Waals surface area contributed by atoms with Crippen LogP contribution in [0.1, 0.15) is 13.3 Å². The van der Waals surface area contributed by atoms with E-state index in [4.69, 9.17) is 0 Å². The van der Waals surface area contributed by atoms with Crippen LogP contribution in [0.2, 0.25) is 0 Å². The van der Waals surface area contributed by atoms with Gasteiger partial charge in [0.2, 0.25) is 5.91 Å². The van der Waals surface area contributed by atoms with Crippen molar-refractivity contribution in [2.24, 2.45) is 0 Å². The highest BCUT2D eigenvalue weighted by Crippen LogP contribution is 2.14. The summed E-state index contributed by atoms with van der Waals surface area (Å²) in [4.78, 5) is 10.6. The maximum absolute atomic E-state index is 13.3. The maximum atomic E-state index is 13.3. The van der Waals surface area contributed by atoms with E-state index < -0.39 is 15.7 Å². The first kappa shape index (κ1) is 13.6. The fraction of sp³-hybridized carbons (Fsp3) is 0.364. The van der Waals surface area contributed by atoms with Crippen LogP contribution in [0.25, 0.3) is 0 Å². The van der Waals surface area contributed by atoms with Crippen molar-refractivity contribution in [3.8, 4) is 0 Å². The number of rotatable bonds is 5. The average molecular weight is 259 g/mol. The zero-order valence-electron chi connectivity index (χ0n) is 9.44. The Hall–Kier alpha value is -1.43. The van der Waals surface area contributed by atoms with Crippen LogP contribution < -0.4 is 5.32 Å². The normalized spacial score (nSPS) is 11.2. The molecule has 0 aromatic heterocycles. The molecule has 1 amide bonds. The van der Waals surface area contributed by atoms with Crippen LogP contribution in [0.15, 0.2) is 29.2 Å². The molecule has 0 heterocycles. The van der Waals surface area contributed by atoms with Crippen LogP contribution in [-0.4, -0.2) is 26.6 Å². The second-order valence-electron chi connectivity index (χ2n) is 3.45. The Morgan fingerprint density at radius 2 is 2.00 bits per heavy atom. The minimum Gasteiger partial charge on any atom is -0.355 e. The van der Waals surface area contributed by atoms with Crippen molar-refractivity contribution in [1.29, 1.82) is 0 Å². The second-order valence-corrected chi connectivity index (χ2v) is 5.53. The topological polar surface area (TPSA) is 63.2 Å². The Balaban J connectivity index is 2.70. The Labute approximate surface area is 99.8 Å². The van der Waals surface area contributed by atoms with Gasteiger partial charge in [-0.05, 0) is 12.1 Å². The molecule has 1 aromatic rings. The van der Waals surface area contributed by atoms with Gasteiger partial charge in [-0.1, -0.05) is 19.1 Å². The molecule has 0 saturated heterocycles. The molecule has 1 rings (SSSR count). The Bertz CT molecular complexity index is 499. The number of carbonyl (C=O) groups excluding carboxylic acids is 1. The highest BCUT2D eigenvalue weighted by molar-refractivity contribution is 7.91. The average Bonchev–Trinajstić information content (AvgIpc) is 2.28. The number of hydrogen-bond donors (Lipinski definition) is 1. The summed E-state index contributed by atoms with van der Waals surface area (Å²) in [5, 5.41) is 2.44. The monoisotopic (exact) mass is 259 g/mol. The van der Waals surface area contributed by atoms with Gasteiger partial charge < -0.3 is 5.32 Å². The van der Waals surface area contributed by atoms with Gasteiger partial charge in [-0.15, -0.1) is 0 Å². The van der Waals surface area contributed by atoms with Crippen LogP contribution in [0.4, 0.5) is 4.39 Å². The smallest absolute Gasteiger partial charge is 0.219 e. The molecule has 94 valence electrons. The first-order chi connectivity index (χ1) is 7.97. The summed E-state index contributed by atoms with van der Waals surface area (Å²) in [6, 6.07) is 5.19. The standard InChI is InChI=1S/C11H14FNO3S/c1-2-11(14)13-7-8-17(15,16)10-6-4-3-5-9(10)12/h3-6H,2,7-8H2,1H3,(H,13,14). The lowest BCUT2D eigenvalue weighted by atomic mass is 10.3. The zero-order valence-corrected chi connectivity index (χ0v) is 10.3. The zero-order chi connectivity index (χ0) is 12.9. The van der Waals surface area contributed by atoms with Crippen LogP contribution in [0.3, 0.4) is 0 Å². The predicted molar refractivity (Wildman–Crippen MR) is 61.8 cm³/mol. The number of benzene rings is 1. The van der Waals surface area contributed by atoms with Crippen molar-refractivity contribution in [3.63, 3.8) is 0 Å². The summed E-state index contributed by atoms with van der Waals surface area (Å²) in [5.41, 5.74) is 0. The molecule has 0 bridgehead atoms. The molecule has 0 spiro atoms. The predicted octanol–water partition coefficient (Wildman–Crippen LogP) is 1.13. The molecule has 0 aliphatic heterocycles. The van der Waals surface area contributed by atoms with Crippen molar-refractivity contribution in [2.45, 2.75) is 18.2 Å². The van der Waals surface area contributed by atoms with E-state index in [1.54, 1.807) is 6.92 Å². The maximum Gasteiger partial charge on any atom is 0.219 e. The van der Waals surface area contributed by atoms with Gasteiger partial charge in [0.15, 0.2) is 9.84 Å². The quantitative estimate of drug-likeness (QED) is 0.862. The number of amides is 1. The summed E-state index contributed by atoms with van der Waals surface area (Å²) >= 11 is 0. The Kier molecular flexibility index (Phi) is 4.62. The van der Waals surface area contributed by atoms with Gasteiger partial charge in [-0.2, -0.15) is 0 Å². The van der Waals surface area contributed by atoms with Crippen LogP contribution in [0.5, 0.6) is 0 Å². The lowest BCUT2D eigenvalue weighted by Gasteiger charge is -2.06. The lowest BCUT2D eigenvalue weighted by Crippen LogP contribution is -2.28. The van der Waals surface area contributed by atoms with E-state index in [1.165, 1.54) is 18.2 Å². The highest BCUT2D eigenvalue weighted by atomic mass is 32.2. The third-order valence-electron chi connectivity index (χ3n) is 2.19. The molecule has 0 atom stereocenters. The van der Waals surface area contributed by atoms with Crippen molar-refractivity contribution in [3.05, 3.63) is 30.1 Å². The first-order valence-corrected chi connectivity index (χ1v) is 6.86. The van der Waals surface area contributed by atoms with E-state index in [2.05, 4.69) is 5.32 Å². The van der Waals surface area contributed by atoms with E-state index in [0.29, 0.717) is 6.42 Å². The molecule has 0 fully saturated rings. The van der Waals surface area contributed by atoms with Crippen molar-refractivity contribution in [2.75, 3.05) is 12.3 Å². The van der Waals surface area contributed by atoms with E-state index in [0.717, 1.165) is 6.07 Å². The summed E-state index contributed by atoms with van der Waals surface area (Å²) in [5.74, 6) is -1.30. The summed E-state index contributed by atoms with van der Waals surface area (Å²) < 4.78 is 36.7. The number of carbonyl (C=O) groups is 1. The van der Waals surface area contributed by atoms with E-state index in [-0.39, 0.29) is 23.1 Å². The highest BCUT2D eigenvalue weighted by Gasteiger charge is 2.18. The molecule has 4 nitrogen and oxygen atoms in total. The lowest BCUT2D eigenvalue weighted by molar-refractivity contribution is -0.120. The molecule has 0 aliphatic carbocycles. The number of halogens is 1. The van der Waals surface area contributed by atoms with Crippen LogP contribution in [0, 0.1) is 5.82 Å². The molecular formula is C11H14FNO3S.